The van der Waals surface area contributed by atoms with Crippen LogP contribution in [0.3, 0.4) is 0 Å². The van der Waals surface area contributed by atoms with Crippen LogP contribution in [0.2, 0.25) is 0 Å². The van der Waals surface area contributed by atoms with Crippen LogP contribution in [0.4, 0.5) is 5.69 Å². The van der Waals surface area contributed by atoms with Gasteiger partial charge in [0.1, 0.15) is 11.5 Å². The first-order valence-corrected chi connectivity index (χ1v) is 11.8. The number of benzene rings is 2. The Morgan fingerprint density at radius 2 is 1.07 bits per heavy atom. The summed E-state index contributed by atoms with van der Waals surface area (Å²) in [6.45, 7) is 6.04. The number of unbranched alkanes of at least 4 members (excludes halogenated alkanes) is 8. The van der Waals surface area contributed by atoms with Gasteiger partial charge in [-0.25, -0.2) is 0 Å². The molecule has 0 N–H and O–H groups in total. The quantitative estimate of drug-likeness (QED) is 0.207. The maximum atomic E-state index is 5.85. The molecule has 0 aromatic heterocycles. The number of ether oxygens (including phenoxy) is 2. The van der Waals surface area contributed by atoms with E-state index in [9.17, 15) is 0 Å². The van der Waals surface area contributed by atoms with Gasteiger partial charge in [-0.05, 0) is 66.9 Å². The van der Waals surface area contributed by atoms with Crippen molar-refractivity contribution < 1.29 is 9.47 Å². The largest absolute Gasteiger partial charge is 0.494 e. The van der Waals surface area contributed by atoms with E-state index in [1.54, 1.807) is 0 Å². The van der Waals surface area contributed by atoms with Crippen molar-refractivity contribution in [3.8, 4) is 11.5 Å². The molecule has 0 radical (unpaired) electrons. The van der Waals surface area contributed by atoms with Gasteiger partial charge in [-0.1, -0.05) is 65.2 Å². The molecule has 0 aliphatic carbocycles. The molecule has 0 fully saturated rings. The van der Waals surface area contributed by atoms with Crippen LogP contribution in [0.15, 0.2) is 53.5 Å². The molecule has 0 aliphatic rings. The minimum absolute atomic E-state index is 0.786. The maximum absolute atomic E-state index is 5.85. The SMILES string of the molecule is CCCCCCCCCOc1ccc(N=Cc2ccc(OCCCCC)cc2)cc1. The van der Waals surface area contributed by atoms with Crippen molar-refractivity contribution in [1.29, 1.82) is 0 Å². The molecule has 2 rings (SSSR count). The minimum Gasteiger partial charge on any atom is -0.494 e. The zero-order valence-corrected chi connectivity index (χ0v) is 18.9. The molecule has 0 amide bonds. The third-order valence-corrected chi connectivity index (χ3v) is 5.11. The molecule has 2 aromatic rings. The van der Waals surface area contributed by atoms with E-state index in [0.29, 0.717) is 0 Å². The highest BCUT2D eigenvalue weighted by Crippen LogP contribution is 2.19. The van der Waals surface area contributed by atoms with Gasteiger partial charge < -0.3 is 9.47 Å². The van der Waals surface area contributed by atoms with Crippen molar-refractivity contribution in [2.45, 2.75) is 78.1 Å². The van der Waals surface area contributed by atoms with Gasteiger partial charge in [0.15, 0.2) is 0 Å². The predicted octanol–water partition coefficient (Wildman–Crippen LogP) is 8.14. The van der Waals surface area contributed by atoms with Gasteiger partial charge in [0.05, 0.1) is 18.9 Å². The lowest BCUT2D eigenvalue weighted by Crippen LogP contribution is -1.97. The second-order valence-electron chi connectivity index (χ2n) is 7.85. The van der Waals surface area contributed by atoms with Crippen LogP contribution in [0.5, 0.6) is 11.5 Å². The second kappa shape index (κ2) is 15.5. The van der Waals surface area contributed by atoms with Crippen molar-refractivity contribution in [1.82, 2.24) is 0 Å². The Morgan fingerprint density at radius 3 is 1.67 bits per heavy atom. The fraction of sp³-hybridized carbons (Fsp3) is 0.519. The van der Waals surface area contributed by atoms with Crippen molar-refractivity contribution in [2.75, 3.05) is 13.2 Å². The van der Waals surface area contributed by atoms with Crippen LogP contribution in [0.1, 0.15) is 83.6 Å². The molecule has 0 aliphatic heterocycles. The van der Waals surface area contributed by atoms with E-state index in [0.717, 1.165) is 48.8 Å². The summed E-state index contributed by atoms with van der Waals surface area (Å²) in [6.07, 6.45) is 14.5. The molecule has 0 heterocycles. The molecule has 164 valence electrons. The number of hydrogen-bond acceptors (Lipinski definition) is 3. The van der Waals surface area contributed by atoms with E-state index in [1.807, 2.05) is 54.7 Å². The zero-order valence-electron chi connectivity index (χ0n) is 18.9. The lowest BCUT2D eigenvalue weighted by atomic mass is 10.1. The third kappa shape index (κ3) is 10.5. The van der Waals surface area contributed by atoms with Crippen LogP contribution in [-0.4, -0.2) is 19.4 Å². The molecule has 0 saturated heterocycles. The molecule has 2 aromatic carbocycles. The Kier molecular flexibility index (Phi) is 12.4. The Morgan fingerprint density at radius 1 is 0.600 bits per heavy atom. The molecule has 30 heavy (non-hydrogen) atoms. The Balaban J connectivity index is 1.66. The Bertz CT molecular complexity index is 692. The average molecular weight is 410 g/mol. The summed E-state index contributed by atoms with van der Waals surface area (Å²) in [5, 5.41) is 0. The van der Waals surface area contributed by atoms with Gasteiger partial charge in [-0.3, -0.25) is 4.99 Å². The summed E-state index contributed by atoms with van der Waals surface area (Å²) >= 11 is 0. The summed E-state index contributed by atoms with van der Waals surface area (Å²) < 4.78 is 11.6. The fourth-order valence-electron chi connectivity index (χ4n) is 3.22. The van der Waals surface area contributed by atoms with E-state index in [4.69, 9.17) is 9.47 Å². The first kappa shape index (κ1) is 24.0. The van der Waals surface area contributed by atoms with Gasteiger partial charge in [0, 0.05) is 6.21 Å². The molecule has 3 nitrogen and oxygen atoms in total. The highest BCUT2D eigenvalue weighted by molar-refractivity contribution is 5.82. The minimum atomic E-state index is 0.786. The molecule has 0 unspecified atom stereocenters. The lowest BCUT2D eigenvalue weighted by molar-refractivity contribution is 0.304. The number of aliphatic imine (C=N–C) groups is 1. The van der Waals surface area contributed by atoms with Crippen molar-refractivity contribution in [3.05, 3.63) is 54.1 Å². The molecule has 0 bridgehead atoms. The lowest BCUT2D eigenvalue weighted by Gasteiger charge is -2.06. The number of rotatable bonds is 16. The summed E-state index contributed by atoms with van der Waals surface area (Å²) in [4.78, 5) is 4.56. The van der Waals surface area contributed by atoms with Crippen molar-refractivity contribution in [3.63, 3.8) is 0 Å². The molecule has 3 heteroatoms. The fourth-order valence-corrected chi connectivity index (χ4v) is 3.22. The van der Waals surface area contributed by atoms with Crippen LogP contribution >= 0.6 is 0 Å². The summed E-state index contributed by atoms with van der Waals surface area (Å²) in [5.74, 6) is 1.84. The topological polar surface area (TPSA) is 30.8 Å². The van der Waals surface area contributed by atoms with E-state index in [2.05, 4.69) is 18.8 Å². The number of hydrogen-bond donors (Lipinski definition) is 0. The van der Waals surface area contributed by atoms with Crippen molar-refractivity contribution in [2.24, 2.45) is 4.99 Å². The summed E-state index contributed by atoms with van der Waals surface area (Å²) in [6, 6.07) is 16.1. The van der Waals surface area contributed by atoms with Crippen molar-refractivity contribution >= 4 is 11.9 Å². The van der Waals surface area contributed by atoms with Crippen LogP contribution in [0, 0.1) is 0 Å². The first-order chi connectivity index (χ1) is 14.8. The normalized spacial score (nSPS) is 11.1. The molecule has 0 saturated carbocycles. The Hall–Kier alpha value is -2.29. The Labute approximate surface area is 183 Å². The van der Waals surface area contributed by atoms with Crippen LogP contribution in [-0.2, 0) is 0 Å². The monoisotopic (exact) mass is 409 g/mol. The highest BCUT2D eigenvalue weighted by atomic mass is 16.5. The first-order valence-electron chi connectivity index (χ1n) is 11.8. The summed E-state index contributed by atoms with van der Waals surface area (Å²) in [7, 11) is 0. The van der Waals surface area contributed by atoms with E-state index < -0.39 is 0 Å². The van der Waals surface area contributed by atoms with Gasteiger partial charge in [-0.15, -0.1) is 0 Å². The molecule has 0 spiro atoms. The van der Waals surface area contributed by atoms with E-state index in [-0.39, 0.29) is 0 Å². The molecular weight excluding hydrogens is 370 g/mol. The van der Waals surface area contributed by atoms with Crippen LogP contribution < -0.4 is 9.47 Å². The van der Waals surface area contributed by atoms with Crippen LogP contribution in [0.25, 0.3) is 0 Å². The van der Waals surface area contributed by atoms with Gasteiger partial charge in [0.25, 0.3) is 0 Å². The standard InChI is InChI=1S/C27H39NO2/c1-3-5-7-8-9-10-12-22-30-27-19-15-25(16-20-27)28-23-24-13-17-26(18-14-24)29-21-11-6-4-2/h13-20,23H,3-12,21-22H2,1-2H3. The van der Waals surface area contributed by atoms with E-state index in [1.165, 1.54) is 51.4 Å². The smallest absolute Gasteiger partial charge is 0.119 e. The number of nitrogens with zero attached hydrogens (tertiary/aromatic N) is 1. The average Bonchev–Trinajstić information content (AvgIpc) is 2.79. The van der Waals surface area contributed by atoms with Gasteiger partial charge in [0.2, 0.25) is 0 Å². The summed E-state index contributed by atoms with van der Waals surface area (Å²) in [5.41, 5.74) is 1.99. The zero-order chi connectivity index (χ0) is 21.3. The predicted molar refractivity (Wildman–Crippen MR) is 129 cm³/mol. The second-order valence-corrected chi connectivity index (χ2v) is 7.85. The third-order valence-electron chi connectivity index (χ3n) is 5.11. The molecular formula is C27H39NO2. The highest BCUT2D eigenvalue weighted by Gasteiger charge is 1.97. The van der Waals surface area contributed by atoms with Gasteiger partial charge in [-0.2, -0.15) is 0 Å². The maximum Gasteiger partial charge on any atom is 0.119 e. The van der Waals surface area contributed by atoms with E-state index >= 15 is 0 Å². The molecule has 0 atom stereocenters. The van der Waals surface area contributed by atoms with Gasteiger partial charge >= 0.3 is 0 Å².